The summed E-state index contributed by atoms with van der Waals surface area (Å²) in [6, 6.07) is 13.5. The zero-order valence-corrected chi connectivity index (χ0v) is 14.8. The molecular weight excluding hydrogens is 347 g/mol. The van der Waals surface area contributed by atoms with Crippen LogP contribution in [-0.2, 0) is 9.53 Å². The molecule has 4 rings (SSSR count). The van der Waals surface area contributed by atoms with Gasteiger partial charge >= 0.3 is 5.97 Å². The van der Waals surface area contributed by atoms with Gasteiger partial charge in [-0.3, -0.25) is 4.79 Å². The van der Waals surface area contributed by atoms with Crippen LogP contribution in [0.4, 0.5) is 10.1 Å². The normalized spacial score (nSPS) is 15.4. The first-order valence-corrected chi connectivity index (χ1v) is 8.47. The van der Waals surface area contributed by atoms with E-state index in [2.05, 4.69) is 10.3 Å². The molecule has 5 nitrogen and oxygen atoms in total. The number of esters is 1. The molecule has 1 aliphatic rings. The lowest BCUT2D eigenvalue weighted by atomic mass is 9.87. The first-order chi connectivity index (χ1) is 13.0. The van der Waals surface area contributed by atoms with Crippen molar-refractivity contribution in [2.24, 2.45) is 0 Å². The van der Waals surface area contributed by atoms with Crippen LogP contribution < -0.4 is 5.32 Å². The number of aryl methyl sites for hydroxylation is 1. The third kappa shape index (κ3) is 2.70. The Labute approximate surface area is 155 Å². The van der Waals surface area contributed by atoms with Crippen molar-refractivity contribution in [2.45, 2.75) is 12.8 Å². The van der Waals surface area contributed by atoms with E-state index in [0.29, 0.717) is 33.8 Å². The molecular formula is C21H17FN2O3. The van der Waals surface area contributed by atoms with E-state index in [1.165, 1.54) is 25.3 Å². The first kappa shape index (κ1) is 17.0. The number of hydrogen-bond donors (Lipinski definition) is 2. The summed E-state index contributed by atoms with van der Waals surface area (Å²) in [6.07, 6.45) is 0. The fraction of sp³-hybridized carbons (Fsp3) is 0.143. The van der Waals surface area contributed by atoms with Crippen molar-refractivity contribution in [1.82, 2.24) is 4.98 Å². The maximum absolute atomic E-state index is 13.9. The number of fused-ring (bicyclic) bond motifs is 1. The molecule has 0 saturated carbocycles. The Hall–Kier alpha value is -3.41. The minimum atomic E-state index is -0.815. The highest BCUT2D eigenvalue weighted by Crippen LogP contribution is 2.43. The van der Waals surface area contributed by atoms with E-state index < -0.39 is 17.7 Å². The van der Waals surface area contributed by atoms with Gasteiger partial charge in [0.2, 0.25) is 5.91 Å². The number of H-pyrrole nitrogens is 1. The molecule has 1 amide bonds. The molecule has 0 saturated heterocycles. The number of hydrogen-bond acceptors (Lipinski definition) is 3. The summed E-state index contributed by atoms with van der Waals surface area (Å²) in [5, 5.41) is 2.77. The standard InChI is InChI=1S/C21H17FN2O3/c1-11-16(21(26)27-2)18(19(23-11)12-6-4-3-5-7-12)17-14-10-13(22)8-9-15(14)24-20(17)25/h3-10,17,23H,1-2H3,(H,24,25)/t17-/m1/s1. The number of halogens is 1. The van der Waals surface area contributed by atoms with Gasteiger partial charge in [0.1, 0.15) is 5.82 Å². The Morgan fingerprint density at radius 2 is 1.89 bits per heavy atom. The summed E-state index contributed by atoms with van der Waals surface area (Å²) in [4.78, 5) is 28.5. The maximum Gasteiger partial charge on any atom is 0.340 e. The third-order valence-electron chi connectivity index (χ3n) is 4.81. The van der Waals surface area contributed by atoms with E-state index in [1.807, 2.05) is 30.3 Å². The van der Waals surface area contributed by atoms with E-state index >= 15 is 0 Å². The average molecular weight is 364 g/mol. The monoisotopic (exact) mass is 364 g/mol. The molecule has 3 aromatic rings. The van der Waals surface area contributed by atoms with Gasteiger partial charge in [-0.1, -0.05) is 30.3 Å². The summed E-state index contributed by atoms with van der Waals surface area (Å²) >= 11 is 0. The Bertz CT molecular complexity index is 1060. The van der Waals surface area contributed by atoms with Crippen LogP contribution in [0.3, 0.4) is 0 Å². The van der Waals surface area contributed by atoms with Gasteiger partial charge in [0.15, 0.2) is 0 Å². The third-order valence-corrected chi connectivity index (χ3v) is 4.81. The number of benzene rings is 2. The predicted molar refractivity (Wildman–Crippen MR) is 99.2 cm³/mol. The highest BCUT2D eigenvalue weighted by Gasteiger charge is 2.38. The van der Waals surface area contributed by atoms with Crippen molar-refractivity contribution in [3.63, 3.8) is 0 Å². The van der Waals surface area contributed by atoms with Crippen molar-refractivity contribution in [3.8, 4) is 11.3 Å². The fourth-order valence-electron chi connectivity index (χ4n) is 3.65. The molecule has 2 heterocycles. The van der Waals surface area contributed by atoms with Crippen molar-refractivity contribution < 1.29 is 18.7 Å². The van der Waals surface area contributed by atoms with Gasteiger partial charge in [-0.2, -0.15) is 0 Å². The lowest BCUT2D eigenvalue weighted by Crippen LogP contribution is -2.17. The highest BCUT2D eigenvalue weighted by molar-refractivity contribution is 6.08. The minimum absolute atomic E-state index is 0.300. The number of aromatic amines is 1. The Morgan fingerprint density at radius 3 is 2.59 bits per heavy atom. The zero-order chi connectivity index (χ0) is 19.1. The van der Waals surface area contributed by atoms with Crippen molar-refractivity contribution in [2.75, 3.05) is 12.4 Å². The number of carbonyl (C=O) groups excluding carboxylic acids is 2. The minimum Gasteiger partial charge on any atom is -0.465 e. The van der Waals surface area contributed by atoms with Gasteiger partial charge in [-0.15, -0.1) is 0 Å². The average Bonchev–Trinajstić information content (AvgIpc) is 3.17. The lowest BCUT2D eigenvalue weighted by molar-refractivity contribution is -0.116. The second-order valence-corrected chi connectivity index (χ2v) is 6.43. The smallest absolute Gasteiger partial charge is 0.340 e. The topological polar surface area (TPSA) is 71.2 Å². The second-order valence-electron chi connectivity index (χ2n) is 6.43. The fourth-order valence-corrected chi connectivity index (χ4v) is 3.65. The molecule has 6 heteroatoms. The van der Waals surface area contributed by atoms with Crippen LogP contribution in [0.1, 0.15) is 33.1 Å². The Kier molecular flexibility index (Phi) is 4.03. The molecule has 27 heavy (non-hydrogen) atoms. The van der Waals surface area contributed by atoms with Crippen LogP contribution in [0, 0.1) is 12.7 Å². The number of ether oxygens (including phenoxy) is 1. The molecule has 0 unspecified atom stereocenters. The molecule has 2 N–H and O–H groups in total. The van der Waals surface area contributed by atoms with Gasteiger partial charge in [0.05, 0.1) is 24.3 Å². The van der Waals surface area contributed by atoms with E-state index in [4.69, 9.17) is 4.74 Å². The van der Waals surface area contributed by atoms with Crippen LogP contribution in [0.5, 0.6) is 0 Å². The largest absolute Gasteiger partial charge is 0.465 e. The van der Waals surface area contributed by atoms with E-state index in [1.54, 1.807) is 6.92 Å². The first-order valence-electron chi connectivity index (χ1n) is 8.47. The van der Waals surface area contributed by atoms with E-state index in [0.717, 1.165) is 5.56 Å². The quantitative estimate of drug-likeness (QED) is 0.690. The summed E-state index contributed by atoms with van der Waals surface area (Å²) in [5.41, 5.74) is 3.89. The molecule has 1 aliphatic heterocycles. The number of methoxy groups -OCH3 is 1. The summed E-state index contributed by atoms with van der Waals surface area (Å²) in [6.45, 7) is 1.75. The number of amides is 1. The second kappa shape index (κ2) is 6.39. The zero-order valence-electron chi connectivity index (χ0n) is 14.8. The van der Waals surface area contributed by atoms with E-state index in [9.17, 15) is 14.0 Å². The number of nitrogens with one attached hydrogen (secondary N) is 2. The van der Waals surface area contributed by atoms with Crippen molar-refractivity contribution >= 4 is 17.6 Å². The Balaban J connectivity index is 2.01. The summed E-state index contributed by atoms with van der Waals surface area (Å²) in [5.74, 6) is -2.11. The molecule has 0 bridgehead atoms. The SMILES string of the molecule is COC(=O)c1c(C)[nH]c(-c2ccccc2)c1[C@@H]1C(=O)Nc2ccc(F)cc21. The number of aromatic nitrogens is 1. The van der Waals surface area contributed by atoms with Gasteiger partial charge in [-0.25, -0.2) is 9.18 Å². The van der Waals surface area contributed by atoms with Crippen LogP contribution >= 0.6 is 0 Å². The predicted octanol–water partition coefficient (Wildman–Crippen LogP) is 4.00. The van der Waals surface area contributed by atoms with Crippen LogP contribution in [0.2, 0.25) is 0 Å². The molecule has 1 atom stereocenters. The Morgan fingerprint density at radius 1 is 1.15 bits per heavy atom. The summed E-state index contributed by atoms with van der Waals surface area (Å²) in [7, 11) is 1.29. The maximum atomic E-state index is 13.9. The molecule has 0 radical (unpaired) electrons. The number of anilines is 1. The molecule has 1 aromatic heterocycles. The summed E-state index contributed by atoms with van der Waals surface area (Å²) < 4.78 is 18.8. The van der Waals surface area contributed by atoms with Crippen molar-refractivity contribution in [3.05, 3.63) is 76.7 Å². The molecule has 0 fully saturated rings. The van der Waals surface area contributed by atoms with E-state index in [-0.39, 0.29) is 5.91 Å². The molecule has 2 aromatic carbocycles. The molecule has 0 aliphatic carbocycles. The van der Waals surface area contributed by atoms with Gasteiger partial charge in [0, 0.05) is 16.9 Å². The van der Waals surface area contributed by atoms with Crippen LogP contribution in [0.25, 0.3) is 11.3 Å². The van der Waals surface area contributed by atoms with Gasteiger partial charge in [0.25, 0.3) is 0 Å². The van der Waals surface area contributed by atoms with Gasteiger partial charge in [-0.05, 0) is 36.2 Å². The van der Waals surface area contributed by atoms with Crippen LogP contribution in [-0.4, -0.2) is 24.0 Å². The van der Waals surface area contributed by atoms with Crippen molar-refractivity contribution in [1.29, 1.82) is 0 Å². The molecule has 0 spiro atoms. The highest BCUT2D eigenvalue weighted by atomic mass is 19.1. The van der Waals surface area contributed by atoms with Crippen LogP contribution in [0.15, 0.2) is 48.5 Å². The number of carbonyl (C=O) groups is 2. The lowest BCUT2D eigenvalue weighted by Gasteiger charge is -2.13. The molecule has 136 valence electrons. The number of rotatable bonds is 3. The van der Waals surface area contributed by atoms with Gasteiger partial charge < -0.3 is 15.0 Å².